The highest BCUT2D eigenvalue weighted by Gasteiger charge is 2.29. The molecule has 0 aromatic heterocycles. The Bertz CT molecular complexity index is 583. The standard InChI is InChI=1S/C17H16Br2ClF/c18-11-17(12-19,9-13-4-2-1-3-5-13)10-14-8-15(21)6-7-16(14)20/h1-8H,9-12H2. The normalized spacial score (nSPS) is 11.6. The summed E-state index contributed by atoms with van der Waals surface area (Å²) in [6, 6.07) is 14.9. The molecule has 0 saturated carbocycles. The first kappa shape index (κ1) is 17.0. The summed E-state index contributed by atoms with van der Waals surface area (Å²) in [4.78, 5) is 0. The summed E-state index contributed by atoms with van der Waals surface area (Å²) in [6.45, 7) is 0. The molecule has 4 heteroatoms. The van der Waals surface area contributed by atoms with Crippen molar-refractivity contribution in [3.05, 3.63) is 70.5 Å². The quantitative estimate of drug-likeness (QED) is 0.486. The zero-order valence-electron chi connectivity index (χ0n) is 11.5. The van der Waals surface area contributed by atoms with E-state index in [4.69, 9.17) is 11.6 Å². The first-order chi connectivity index (χ1) is 10.1. The summed E-state index contributed by atoms with van der Waals surface area (Å²) in [5, 5.41) is 2.25. The summed E-state index contributed by atoms with van der Waals surface area (Å²) in [6.07, 6.45) is 1.62. The topological polar surface area (TPSA) is 0 Å². The molecular formula is C17H16Br2ClF. The molecule has 0 aliphatic heterocycles. The first-order valence-corrected chi connectivity index (χ1v) is 9.30. The van der Waals surface area contributed by atoms with Crippen LogP contribution in [0.3, 0.4) is 0 Å². The molecule has 0 spiro atoms. The second kappa shape index (κ2) is 7.75. The predicted octanol–water partition coefficient (Wildman–Crippen LogP) is 6.04. The lowest BCUT2D eigenvalue weighted by Crippen LogP contribution is -2.30. The van der Waals surface area contributed by atoms with Crippen LogP contribution in [-0.2, 0) is 12.8 Å². The Morgan fingerprint density at radius 2 is 1.62 bits per heavy atom. The Kier molecular flexibility index (Phi) is 6.27. The van der Waals surface area contributed by atoms with Gasteiger partial charge in [-0.25, -0.2) is 4.39 Å². The lowest BCUT2D eigenvalue weighted by molar-refractivity contribution is 0.385. The van der Waals surface area contributed by atoms with Crippen molar-refractivity contribution < 1.29 is 4.39 Å². The van der Waals surface area contributed by atoms with E-state index in [1.54, 1.807) is 6.07 Å². The van der Waals surface area contributed by atoms with E-state index < -0.39 is 0 Å². The van der Waals surface area contributed by atoms with Gasteiger partial charge in [0.15, 0.2) is 0 Å². The fraction of sp³-hybridized carbons (Fsp3) is 0.294. The monoisotopic (exact) mass is 432 g/mol. The van der Waals surface area contributed by atoms with Crippen LogP contribution in [0.4, 0.5) is 4.39 Å². The van der Waals surface area contributed by atoms with Crippen molar-refractivity contribution >= 4 is 43.5 Å². The van der Waals surface area contributed by atoms with Gasteiger partial charge in [-0.3, -0.25) is 0 Å². The van der Waals surface area contributed by atoms with Crippen molar-refractivity contribution in [3.63, 3.8) is 0 Å². The molecule has 0 bridgehead atoms. The van der Waals surface area contributed by atoms with Gasteiger partial charge in [-0.2, -0.15) is 0 Å². The van der Waals surface area contributed by atoms with Gasteiger partial charge in [-0.1, -0.05) is 73.8 Å². The SMILES string of the molecule is Fc1ccc(Cl)c(CC(CBr)(CBr)Cc2ccccc2)c1. The van der Waals surface area contributed by atoms with Gasteiger partial charge in [0.05, 0.1) is 0 Å². The van der Waals surface area contributed by atoms with Crippen molar-refractivity contribution in [2.24, 2.45) is 5.41 Å². The highest BCUT2D eigenvalue weighted by atomic mass is 79.9. The molecular weight excluding hydrogens is 418 g/mol. The van der Waals surface area contributed by atoms with Gasteiger partial charge in [0, 0.05) is 15.7 Å². The maximum atomic E-state index is 13.5. The highest BCUT2D eigenvalue weighted by molar-refractivity contribution is 9.09. The molecule has 0 aliphatic rings. The van der Waals surface area contributed by atoms with E-state index in [0.717, 1.165) is 29.1 Å². The molecule has 0 saturated heterocycles. The predicted molar refractivity (Wildman–Crippen MR) is 95.3 cm³/mol. The summed E-state index contributed by atoms with van der Waals surface area (Å²) < 4.78 is 13.5. The number of halogens is 4. The third-order valence-corrected chi connectivity index (χ3v) is 6.31. The van der Waals surface area contributed by atoms with Gasteiger partial charge in [0.1, 0.15) is 5.82 Å². The number of benzene rings is 2. The zero-order valence-corrected chi connectivity index (χ0v) is 15.4. The molecule has 112 valence electrons. The average molecular weight is 435 g/mol. The minimum Gasteiger partial charge on any atom is -0.207 e. The first-order valence-electron chi connectivity index (χ1n) is 6.68. The van der Waals surface area contributed by atoms with Gasteiger partial charge in [0.2, 0.25) is 0 Å². The van der Waals surface area contributed by atoms with E-state index in [0.29, 0.717) is 5.02 Å². The van der Waals surface area contributed by atoms with Crippen LogP contribution in [0.25, 0.3) is 0 Å². The van der Waals surface area contributed by atoms with Crippen LogP contribution in [0, 0.1) is 11.2 Å². The maximum absolute atomic E-state index is 13.5. The lowest BCUT2D eigenvalue weighted by atomic mass is 9.80. The summed E-state index contributed by atoms with van der Waals surface area (Å²) >= 11 is 13.5. The third-order valence-electron chi connectivity index (χ3n) is 3.56. The van der Waals surface area contributed by atoms with Crippen LogP contribution < -0.4 is 0 Å². The van der Waals surface area contributed by atoms with Crippen molar-refractivity contribution in [2.45, 2.75) is 12.8 Å². The number of alkyl halides is 2. The van der Waals surface area contributed by atoms with Gasteiger partial charge in [0.25, 0.3) is 0 Å². The smallest absolute Gasteiger partial charge is 0.123 e. The second-order valence-electron chi connectivity index (χ2n) is 5.34. The molecule has 0 atom stereocenters. The molecule has 0 nitrogen and oxygen atoms in total. The largest absolute Gasteiger partial charge is 0.207 e. The molecule has 0 heterocycles. The Labute approximate surface area is 147 Å². The number of rotatable bonds is 6. The van der Waals surface area contributed by atoms with Crippen LogP contribution in [0.5, 0.6) is 0 Å². The number of hydrogen-bond acceptors (Lipinski definition) is 0. The Balaban J connectivity index is 2.27. The number of hydrogen-bond donors (Lipinski definition) is 0. The van der Waals surface area contributed by atoms with Gasteiger partial charge in [-0.05, 0) is 47.6 Å². The van der Waals surface area contributed by atoms with E-state index in [2.05, 4.69) is 44.0 Å². The second-order valence-corrected chi connectivity index (χ2v) is 6.87. The molecule has 0 N–H and O–H groups in total. The maximum Gasteiger partial charge on any atom is 0.123 e. The van der Waals surface area contributed by atoms with E-state index in [1.807, 2.05) is 18.2 Å². The molecule has 21 heavy (non-hydrogen) atoms. The van der Waals surface area contributed by atoms with Crippen LogP contribution in [0.1, 0.15) is 11.1 Å². The van der Waals surface area contributed by atoms with E-state index in [1.165, 1.54) is 17.7 Å². The molecule has 0 unspecified atom stereocenters. The molecule has 0 amide bonds. The lowest BCUT2D eigenvalue weighted by Gasteiger charge is -2.31. The summed E-state index contributed by atoms with van der Waals surface area (Å²) in [5.74, 6) is -0.243. The zero-order chi connectivity index (χ0) is 15.3. The van der Waals surface area contributed by atoms with Crippen LogP contribution >= 0.6 is 43.5 Å². The minimum atomic E-state index is -0.243. The van der Waals surface area contributed by atoms with Crippen molar-refractivity contribution in [2.75, 3.05) is 10.7 Å². The Morgan fingerprint density at radius 3 is 2.24 bits per heavy atom. The van der Waals surface area contributed by atoms with Gasteiger partial charge in [-0.15, -0.1) is 0 Å². The van der Waals surface area contributed by atoms with Gasteiger partial charge >= 0.3 is 0 Å². The fourth-order valence-electron chi connectivity index (χ4n) is 2.40. The van der Waals surface area contributed by atoms with Crippen molar-refractivity contribution in [1.82, 2.24) is 0 Å². The summed E-state index contributed by atoms with van der Waals surface area (Å²) in [7, 11) is 0. The minimum absolute atomic E-state index is 0.0429. The molecule has 2 aromatic rings. The van der Waals surface area contributed by atoms with Crippen LogP contribution in [0.15, 0.2) is 48.5 Å². The highest BCUT2D eigenvalue weighted by Crippen LogP contribution is 2.34. The average Bonchev–Trinajstić information content (AvgIpc) is 2.51. The van der Waals surface area contributed by atoms with E-state index in [-0.39, 0.29) is 11.2 Å². The summed E-state index contributed by atoms with van der Waals surface area (Å²) in [5.41, 5.74) is 2.08. The van der Waals surface area contributed by atoms with Gasteiger partial charge < -0.3 is 0 Å². The Hall–Kier alpha value is -0.380. The molecule has 0 fully saturated rings. The fourth-order valence-corrected chi connectivity index (χ4v) is 4.30. The van der Waals surface area contributed by atoms with E-state index in [9.17, 15) is 4.39 Å². The molecule has 0 radical (unpaired) electrons. The third kappa shape index (κ3) is 4.54. The molecule has 2 aromatic carbocycles. The molecule has 2 rings (SSSR count). The van der Waals surface area contributed by atoms with Crippen LogP contribution in [-0.4, -0.2) is 10.7 Å². The van der Waals surface area contributed by atoms with Crippen molar-refractivity contribution in [3.8, 4) is 0 Å². The molecule has 0 aliphatic carbocycles. The van der Waals surface area contributed by atoms with Crippen LogP contribution in [0.2, 0.25) is 5.02 Å². The van der Waals surface area contributed by atoms with E-state index >= 15 is 0 Å². The van der Waals surface area contributed by atoms with Crippen molar-refractivity contribution in [1.29, 1.82) is 0 Å². The Morgan fingerprint density at radius 1 is 0.952 bits per heavy atom.